The van der Waals surface area contributed by atoms with Crippen LogP contribution in [0.3, 0.4) is 0 Å². The quantitative estimate of drug-likeness (QED) is 0.622. The minimum Gasteiger partial charge on any atom is -0.321 e. The molecule has 0 bridgehead atoms. The van der Waals surface area contributed by atoms with Crippen LogP contribution in [0.5, 0.6) is 0 Å². The van der Waals surface area contributed by atoms with Gasteiger partial charge >= 0.3 is 0 Å². The number of hydrogen-bond acceptors (Lipinski definition) is 6. The van der Waals surface area contributed by atoms with Gasteiger partial charge in [0.05, 0.1) is 15.2 Å². The molecule has 0 saturated heterocycles. The number of anilines is 1. The van der Waals surface area contributed by atoms with Crippen LogP contribution < -0.4 is 5.32 Å². The van der Waals surface area contributed by atoms with E-state index in [-0.39, 0.29) is 11.6 Å². The first-order chi connectivity index (χ1) is 11.7. The van der Waals surface area contributed by atoms with E-state index < -0.39 is 0 Å². The van der Waals surface area contributed by atoms with Crippen molar-refractivity contribution >= 4 is 33.1 Å². The molecule has 7 nitrogen and oxygen atoms in total. The lowest BCUT2D eigenvalue weighted by molar-refractivity contribution is 0.102. The van der Waals surface area contributed by atoms with Crippen LogP contribution in [0.4, 0.5) is 5.69 Å². The van der Waals surface area contributed by atoms with Crippen LogP contribution in [0.25, 0.3) is 16.0 Å². The second-order valence-corrected chi connectivity index (χ2v) is 6.33. The van der Waals surface area contributed by atoms with Gasteiger partial charge in [-0.05, 0) is 43.3 Å². The van der Waals surface area contributed by atoms with E-state index in [1.165, 1.54) is 0 Å². The van der Waals surface area contributed by atoms with Crippen molar-refractivity contribution in [2.24, 2.45) is 0 Å². The monoisotopic (exact) mass is 336 g/mol. The Balaban J connectivity index is 1.54. The number of nitrogens with zero attached hydrogens (tertiary/aromatic N) is 5. The number of aromatic nitrogens is 5. The number of benzene rings is 1. The average Bonchev–Trinajstić information content (AvgIpc) is 3.23. The van der Waals surface area contributed by atoms with E-state index in [0.29, 0.717) is 11.5 Å². The lowest BCUT2D eigenvalue weighted by Gasteiger charge is -2.05. The summed E-state index contributed by atoms with van der Waals surface area (Å²) in [5, 5.41) is 15.9. The maximum Gasteiger partial charge on any atom is 0.276 e. The molecule has 1 aromatic carbocycles. The van der Waals surface area contributed by atoms with Gasteiger partial charge in [0.1, 0.15) is 0 Å². The van der Waals surface area contributed by atoms with E-state index in [1.807, 2.05) is 25.1 Å². The summed E-state index contributed by atoms with van der Waals surface area (Å²) in [5.41, 5.74) is 1.78. The van der Waals surface area contributed by atoms with Crippen LogP contribution in [-0.2, 0) is 0 Å². The third-order valence-electron chi connectivity index (χ3n) is 3.37. The van der Waals surface area contributed by atoms with Crippen LogP contribution in [0.15, 0.2) is 48.8 Å². The second-order valence-electron chi connectivity index (χ2n) is 5.10. The Morgan fingerprint density at radius 3 is 2.88 bits per heavy atom. The standard InChI is InChI=1S/C16H12N6OS/c1-10-18-13-9-11(3-5-14(13)24-10)19-16(23)12-4-6-15(21-20-12)22-8-2-7-17-22/h2-9H,1H3,(H,19,23). The fraction of sp³-hybridized carbons (Fsp3) is 0.0625. The van der Waals surface area contributed by atoms with Crippen molar-refractivity contribution in [2.75, 3.05) is 5.32 Å². The van der Waals surface area contributed by atoms with Crippen molar-refractivity contribution < 1.29 is 4.79 Å². The summed E-state index contributed by atoms with van der Waals surface area (Å²) in [6.45, 7) is 1.96. The molecule has 0 unspecified atom stereocenters. The number of rotatable bonds is 3. The molecular weight excluding hydrogens is 324 g/mol. The highest BCUT2D eigenvalue weighted by atomic mass is 32.1. The van der Waals surface area contributed by atoms with Gasteiger partial charge in [0.2, 0.25) is 0 Å². The molecule has 0 aliphatic rings. The summed E-state index contributed by atoms with van der Waals surface area (Å²) < 4.78 is 2.67. The lowest BCUT2D eigenvalue weighted by atomic mass is 10.3. The zero-order chi connectivity index (χ0) is 16.5. The van der Waals surface area contributed by atoms with Crippen molar-refractivity contribution in [2.45, 2.75) is 6.92 Å². The van der Waals surface area contributed by atoms with E-state index in [1.54, 1.807) is 46.6 Å². The van der Waals surface area contributed by atoms with Gasteiger partial charge in [0, 0.05) is 18.1 Å². The zero-order valence-corrected chi connectivity index (χ0v) is 13.5. The van der Waals surface area contributed by atoms with Crippen molar-refractivity contribution in [1.29, 1.82) is 0 Å². The van der Waals surface area contributed by atoms with E-state index >= 15 is 0 Å². The summed E-state index contributed by atoms with van der Waals surface area (Å²) in [6, 6.07) is 10.7. The summed E-state index contributed by atoms with van der Waals surface area (Å²) in [6.07, 6.45) is 3.41. The van der Waals surface area contributed by atoms with Gasteiger partial charge in [-0.3, -0.25) is 4.79 Å². The number of aryl methyl sites for hydroxylation is 1. The summed E-state index contributed by atoms with van der Waals surface area (Å²) in [4.78, 5) is 16.7. The fourth-order valence-electron chi connectivity index (χ4n) is 2.29. The predicted molar refractivity (Wildman–Crippen MR) is 91.5 cm³/mol. The highest BCUT2D eigenvalue weighted by molar-refractivity contribution is 7.18. The highest BCUT2D eigenvalue weighted by Crippen LogP contribution is 2.24. The van der Waals surface area contributed by atoms with E-state index in [2.05, 4.69) is 25.6 Å². The smallest absolute Gasteiger partial charge is 0.276 e. The van der Waals surface area contributed by atoms with Gasteiger partial charge in [-0.25, -0.2) is 9.67 Å². The van der Waals surface area contributed by atoms with Gasteiger partial charge in [0.25, 0.3) is 5.91 Å². The Kier molecular flexibility index (Phi) is 3.51. The topological polar surface area (TPSA) is 85.6 Å². The summed E-state index contributed by atoms with van der Waals surface area (Å²) in [5.74, 6) is 0.233. The van der Waals surface area contributed by atoms with Crippen molar-refractivity contribution in [3.63, 3.8) is 0 Å². The average molecular weight is 336 g/mol. The van der Waals surface area contributed by atoms with Crippen molar-refractivity contribution in [3.05, 3.63) is 59.5 Å². The molecule has 4 aromatic rings. The number of nitrogens with one attached hydrogen (secondary N) is 1. The largest absolute Gasteiger partial charge is 0.321 e. The van der Waals surface area contributed by atoms with Gasteiger partial charge in [-0.2, -0.15) is 5.10 Å². The molecule has 0 aliphatic carbocycles. The van der Waals surface area contributed by atoms with Gasteiger partial charge in [-0.1, -0.05) is 0 Å². The molecule has 8 heteroatoms. The fourth-order valence-corrected chi connectivity index (χ4v) is 3.10. The Hall–Kier alpha value is -3.13. The molecule has 1 N–H and O–H groups in total. The SMILES string of the molecule is Cc1nc2cc(NC(=O)c3ccc(-n4cccn4)nn3)ccc2s1. The lowest BCUT2D eigenvalue weighted by Crippen LogP contribution is -2.15. The number of fused-ring (bicyclic) bond motifs is 1. The first-order valence-corrected chi connectivity index (χ1v) is 8.03. The number of carbonyl (C=O) groups is 1. The van der Waals surface area contributed by atoms with Crippen LogP contribution in [0.2, 0.25) is 0 Å². The Morgan fingerprint density at radius 2 is 2.12 bits per heavy atom. The number of thiazole rings is 1. The molecule has 0 aliphatic heterocycles. The summed E-state index contributed by atoms with van der Waals surface area (Å²) >= 11 is 1.62. The van der Waals surface area contributed by atoms with E-state index in [0.717, 1.165) is 15.2 Å². The second kappa shape index (κ2) is 5.82. The van der Waals surface area contributed by atoms with Crippen LogP contribution in [0.1, 0.15) is 15.5 Å². The van der Waals surface area contributed by atoms with Crippen molar-refractivity contribution in [1.82, 2.24) is 25.0 Å². The third-order valence-corrected chi connectivity index (χ3v) is 4.33. The van der Waals surface area contributed by atoms with E-state index in [4.69, 9.17) is 0 Å². The Labute approximate surface area is 141 Å². The van der Waals surface area contributed by atoms with Gasteiger partial charge in [-0.15, -0.1) is 21.5 Å². The molecule has 3 heterocycles. The first-order valence-electron chi connectivity index (χ1n) is 7.21. The maximum absolute atomic E-state index is 12.3. The minimum atomic E-state index is -0.319. The molecule has 0 spiro atoms. The molecule has 0 saturated carbocycles. The molecule has 4 rings (SSSR count). The maximum atomic E-state index is 12.3. The molecule has 3 aromatic heterocycles. The number of hydrogen-bond donors (Lipinski definition) is 1. The van der Waals surface area contributed by atoms with Gasteiger partial charge < -0.3 is 5.32 Å². The van der Waals surface area contributed by atoms with E-state index in [9.17, 15) is 4.79 Å². The minimum absolute atomic E-state index is 0.237. The third kappa shape index (κ3) is 2.74. The highest BCUT2D eigenvalue weighted by Gasteiger charge is 2.10. The zero-order valence-electron chi connectivity index (χ0n) is 12.7. The first kappa shape index (κ1) is 14.5. The normalized spacial score (nSPS) is 10.9. The molecule has 24 heavy (non-hydrogen) atoms. The van der Waals surface area contributed by atoms with Crippen LogP contribution >= 0.6 is 11.3 Å². The molecule has 1 amide bonds. The molecule has 118 valence electrons. The Bertz CT molecular complexity index is 1010. The number of carbonyl (C=O) groups excluding carboxylic acids is 1. The van der Waals surface area contributed by atoms with Crippen LogP contribution in [-0.4, -0.2) is 30.9 Å². The van der Waals surface area contributed by atoms with Gasteiger partial charge in [0.15, 0.2) is 11.5 Å². The molecule has 0 radical (unpaired) electrons. The molecular formula is C16H12N6OS. The molecule has 0 fully saturated rings. The van der Waals surface area contributed by atoms with Crippen LogP contribution in [0, 0.1) is 6.92 Å². The predicted octanol–water partition coefficient (Wildman–Crippen LogP) is 2.83. The Morgan fingerprint density at radius 1 is 1.21 bits per heavy atom. The van der Waals surface area contributed by atoms with Crippen molar-refractivity contribution in [3.8, 4) is 5.82 Å². The molecule has 0 atom stereocenters. The number of amides is 1. The summed E-state index contributed by atoms with van der Waals surface area (Å²) in [7, 11) is 0.